The Labute approximate surface area is 116 Å². The van der Waals surface area contributed by atoms with Gasteiger partial charge < -0.3 is 15.3 Å². The summed E-state index contributed by atoms with van der Waals surface area (Å²) in [5, 5.41) is 13.1. The van der Waals surface area contributed by atoms with Gasteiger partial charge >= 0.3 is 0 Å². The molecule has 1 atom stereocenters. The van der Waals surface area contributed by atoms with Crippen LogP contribution in [0.1, 0.15) is 38.7 Å². The van der Waals surface area contributed by atoms with E-state index in [0.29, 0.717) is 17.8 Å². The summed E-state index contributed by atoms with van der Waals surface area (Å²) >= 11 is 0. The van der Waals surface area contributed by atoms with Crippen LogP contribution in [0.15, 0.2) is 18.2 Å². The Kier molecular flexibility index (Phi) is 4.70. The van der Waals surface area contributed by atoms with Crippen molar-refractivity contribution < 1.29 is 5.11 Å². The number of anilines is 1. The number of hydrogen-bond donors (Lipinski definition) is 2. The lowest BCUT2D eigenvalue weighted by Crippen LogP contribution is -2.32. The zero-order chi connectivity index (χ0) is 13.8. The van der Waals surface area contributed by atoms with Gasteiger partial charge in [-0.25, -0.2) is 0 Å². The van der Waals surface area contributed by atoms with Gasteiger partial charge in [-0.05, 0) is 70.3 Å². The highest BCUT2D eigenvalue weighted by Crippen LogP contribution is 2.23. The number of nitrogens with zero attached hydrogens (tertiary/aromatic N) is 1. The molecule has 1 aliphatic heterocycles. The number of rotatable bonds is 3. The summed E-state index contributed by atoms with van der Waals surface area (Å²) in [6.07, 6.45) is 3.68. The standard InChI is InChI=1S/C16H26N2O/c1-12(2)18-9-4-5-14(8-10-18)17-16-7-6-15(19)11-13(16)3/h6-7,11-12,14,17,19H,4-5,8-10H2,1-3H3. The topological polar surface area (TPSA) is 35.5 Å². The van der Waals surface area contributed by atoms with E-state index in [1.165, 1.54) is 32.4 Å². The third-order valence-electron chi connectivity index (χ3n) is 4.06. The van der Waals surface area contributed by atoms with E-state index in [4.69, 9.17) is 0 Å². The van der Waals surface area contributed by atoms with Crippen molar-refractivity contribution in [3.63, 3.8) is 0 Å². The van der Waals surface area contributed by atoms with Crippen LogP contribution in [0.2, 0.25) is 0 Å². The lowest BCUT2D eigenvalue weighted by Gasteiger charge is -2.24. The summed E-state index contributed by atoms with van der Waals surface area (Å²) in [6, 6.07) is 6.75. The first-order valence-corrected chi connectivity index (χ1v) is 7.36. The number of aryl methyl sites for hydroxylation is 1. The smallest absolute Gasteiger partial charge is 0.115 e. The zero-order valence-electron chi connectivity index (χ0n) is 12.3. The average molecular weight is 262 g/mol. The molecule has 2 N–H and O–H groups in total. The van der Waals surface area contributed by atoms with E-state index in [2.05, 4.69) is 24.1 Å². The number of phenolic OH excluding ortho intramolecular Hbond substituents is 1. The second kappa shape index (κ2) is 6.29. The molecule has 1 aliphatic rings. The maximum absolute atomic E-state index is 9.45. The predicted molar refractivity (Wildman–Crippen MR) is 80.8 cm³/mol. The van der Waals surface area contributed by atoms with Crippen molar-refractivity contribution in [2.24, 2.45) is 0 Å². The van der Waals surface area contributed by atoms with Crippen molar-refractivity contribution in [2.45, 2.75) is 52.1 Å². The monoisotopic (exact) mass is 262 g/mol. The molecule has 2 rings (SSSR count). The van der Waals surface area contributed by atoms with E-state index in [9.17, 15) is 5.11 Å². The summed E-state index contributed by atoms with van der Waals surface area (Å²) in [7, 11) is 0. The number of benzene rings is 1. The molecule has 0 aliphatic carbocycles. The Balaban J connectivity index is 1.96. The number of aromatic hydroxyl groups is 1. The Morgan fingerprint density at radius 1 is 1.26 bits per heavy atom. The average Bonchev–Trinajstić information content (AvgIpc) is 2.58. The van der Waals surface area contributed by atoms with Crippen molar-refractivity contribution in [1.29, 1.82) is 0 Å². The first kappa shape index (κ1) is 14.2. The first-order valence-electron chi connectivity index (χ1n) is 7.36. The summed E-state index contributed by atoms with van der Waals surface area (Å²) in [5.41, 5.74) is 2.27. The number of likely N-dealkylation sites (tertiary alicyclic amines) is 1. The fraction of sp³-hybridized carbons (Fsp3) is 0.625. The van der Waals surface area contributed by atoms with E-state index < -0.39 is 0 Å². The zero-order valence-corrected chi connectivity index (χ0v) is 12.3. The van der Waals surface area contributed by atoms with Gasteiger partial charge in [0.2, 0.25) is 0 Å². The van der Waals surface area contributed by atoms with E-state index in [-0.39, 0.29) is 0 Å². The van der Waals surface area contributed by atoms with Crippen LogP contribution in [0.25, 0.3) is 0 Å². The number of nitrogens with one attached hydrogen (secondary N) is 1. The molecule has 0 bridgehead atoms. The van der Waals surface area contributed by atoms with E-state index >= 15 is 0 Å². The molecule has 19 heavy (non-hydrogen) atoms. The second-order valence-electron chi connectivity index (χ2n) is 5.90. The van der Waals surface area contributed by atoms with Gasteiger partial charge in [0, 0.05) is 24.3 Å². The minimum Gasteiger partial charge on any atom is -0.508 e. The molecule has 0 saturated carbocycles. The molecule has 1 heterocycles. The van der Waals surface area contributed by atoms with E-state index in [1.807, 2.05) is 19.1 Å². The quantitative estimate of drug-likeness (QED) is 0.820. The normalized spacial score (nSPS) is 21.4. The van der Waals surface area contributed by atoms with Gasteiger partial charge in [-0.1, -0.05) is 0 Å². The minimum absolute atomic E-state index is 0.342. The minimum atomic E-state index is 0.342. The SMILES string of the molecule is Cc1cc(O)ccc1NC1CCCN(C(C)C)CC1. The fourth-order valence-corrected chi connectivity index (χ4v) is 2.81. The Morgan fingerprint density at radius 3 is 2.74 bits per heavy atom. The summed E-state index contributed by atoms with van der Waals surface area (Å²) < 4.78 is 0. The van der Waals surface area contributed by atoms with Crippen molar-refractivity contribution in [3.05, 3.63) is 23.8 Å². The third-order valence-corrected chi connectivity index (χ3v) is 4.06. The molecule has 1 unspecified atom stereocenters. The predicted octanol–water partition coefficient (Wildman–Crippen LogP) is 3.38. The molecule has 0 spiro atoms. The number of hydrogen-bond acceptors (Lipinski definition) is 3. The molecular formula is C16H26N2O. The van der Waals surface area contributed by atoms with E-state index in [1.54, 1.807) is 6.07 Å². The molecule has 1 aromatic rings. The Morgan fingerprint density at radius 2 is 2.05 bits per heavy atom. The van der Waals surface area contributed by atoms with Crippen LogP contribution in [-0.4, -0.2) is 35.2 Å². The maximum Gasteiger partial charge on any atom is 0.115 e. The summed E-state index contributed by atoms with van der Waals surface area (Å²) in [6.45, 7) is 8.98. The van der Waals surface area contributed by atoms with Gasteiger partial charge in [-0.2, -0.15) is 0 Å². The van der Waals surface area contributed by atoms with Crippen LogP contribution in [-0.2, 0) is 0 Å². The first-order chi connectivity index (χ1) is 9.06. The summed E-state index contributed by atoms with van der Waals surface area (Å²) in [4.78, 5) is 2.56. The highest BCUT2D eigenvalue weighted by atomic mass is 16.3. The maximum atomic E-state index is 9.45. The van der Waals surface area contributed by atoms with E-state index in [0.717, 1.165) is 11.3 Å². The Bertz CT molecular complexity index is 417. The second-order valence-corrected chi connectivity index (χ2v) is 5.90. The fourth-order valence-electron chi connectivity index (χ4n) is 2.81. The molecule has 3 heteroatoms. The molecule has 0 aromatic heterocycles. The highest BCUT2D eigenvalue weighted by Gasteiger charge is 2.18. The van der Waals surface area contributed by atoms with Crippen LogP contribution < -0.4 is 5.32 Å². The van der Waals surface area contributed by atoms with Gasteiger partial charge in [0.1, 0.15) is 5.75 Å². The largest absolute Gasteiger partial charge is 0.508 e. The molecule has 1 aromatic carbocycles. The molecule has 0 radical (unpaired) electrons. The van der Waals surface area contributed by atoms with Crippen molar-refractivity contribution in [2.75, 3.05) is 18.4 Å². The molecule has 3 nitrogen and oxygen atoms in total. The molecular weight excluding hydrogens is 236 g/mol. The van der Waals surface area contributed by atoms with Crippen LogP contribution >= 0.6 is 0 Å². The molecule has 106 valence electrons. The lowest BCUT2D eigenvalue weighted by atomic mass is 10.1. The summed E-state index contributed by atoms with van der Waals surface area (Å²) in [5.74, 6) is 0.342. The molecule has 0 amide bonds. The van der Waals surface area contributed by atoms with Crippen LogP contribution in [0.4, 0.5) is 5.69 Å². The Hall–Kier alpha value is -1.22. The molecule has 1 fully saturated rings. The van der Waals surface area contributed by atoms with Crippen LogP contribution in [0.3, 0.4) is 0 Å². The van der Waals surface area contributed by atoms with Crippen molar-refractivity contribution in [1.82, 2.24) is 4.90 Å². The van der Waals surface area contributed by atoms with Crippen LogP contribution in [0.5, 0.6) is 5.75 Å². The van der Waals surface area contributed by atoms with Crippen LogP contribution in [0, 0.1) is 6.92 Å². The third kappa shape index (κ3) is 3.87. The number of phenols is 1. The van der Waals surface area contributed by atoms with Gasteiger partial charge in [0.05, 0.1) is 0 Å². The molecule has 1 saturated heterocycles. The lowest BCUT2D eigenvalue weighted by molar-refractivity contribution is 0.230. The van der Waals surface area contributed by atoms with Gasteiger partial charge in [-0.15, -0.1) is 0 Å². The van der Waals surface area contributed by atoms with Gasteiger partial charge in [-0.3, -0.25) is 0 Å². The van der Waals surface area contributed by atoms with Gasteiger partial charge in [0.15, 0.2) is 0 Å². The highest BCUT2D eigenvalue weighted by molar-refractivity contribution is 5.53. The van der Waals surface area contributed by atoms with Gasteiger partial charge in [0.25, 0.3) is 0 Å². The van der Waals surface area contributed by atoms with Crippen molar-refractivity contribution >= 4 is 5.69 Å². The van der Waals surface area contributed by atoms with Crippen molar-refractivity contribution in [3.8, 4) is 5.75 Å².